The van der Waals surface area contributed by atoms with E-state index in [4.69, 9.17) is 11.6 Å². The fourth-order valence-electron chi connectivity index (χ4n) is 2.96. The van der Waals surface area contributed by atoms with Crippen LogP contribution in [-0.2, 0) is 20.0 Å². The van der Waals surface area contributed by atoms with Crippen LogP contribution in [0.1, 0.15) is 10.4 Å². The Hall–Kier alpha value is 0.550. The van der Waals surface area contributed by atoms with Crippen LogP contribution in [0.15, 0.2) is 63.2 Å². The summed E-state index contributed by atoms with van der Waals surface area (Å²) in [6.45, 7) is 0. The summed E-state index contributed by atoms with van der Waals surface area (Å²) in [5.41, 5.74) is 0.231. The summed E-state index contributed by atoms with van der Waals surface area (Å²) in [5, 5.41) is 3.17. The lowest BCUT2D eigenvalue weighted by atomic mass is 10.2. The second-order valence-corrected chi connectivity index (χ2v) is 16.4. The molecule has 0 atom stereocenters. The van der Waals surface area contributed by atoms with Crippen LogP contribution >= 0.6 is 114 Å². The maximum absolute atomic E-state index is 13.3. The molecule has 0 saturated carbocycles. The molecule has 0 heterocycles. The summed E-state index contributed by atoms with van der Waals surface area (Å²) in [6.07, 6.45) is 0. The molecule has 3 aromatic carbocycles. The third kappa shape index (κ3) is 7.39. The van der Waals surface area contributed by atoms with Gasteiger partial charge in [-0.3, -0.25) is 9.35 Å². The minimum Gasteiger partial charge on any atom is -0.321 e. The zero-order valence-corrected chi connectivity index (χ0v) is 29.5. The molecule has 0 spiro atoms. The van der Waals surface area contributed by atoms with Gasteiger partial charge in [-0.25, -0.2) is 8.42 Å². The average Bonchev–Trinajstić information content (AvgIpc) is 2.80. The molecule has 2 N–H and O–H groups in total. The zero-order chi connectivity index (χ0) is 26.8. The fraction of sp³-hybridized carbons (Fsp3) is 0.0952. The topological polar surface area (TPSA) is 118 Å². The van der Waals surface area contributed by atoms with Crippen LogP contribution in [0.4, 0.5) is 5.69 Å². The summed E-state index contributed by atoms with van der Waals surface area (Å²) >= 11 is 14.8. The average molecular weight is 1020 g/mol. The number of para-hydroxylation sites is 1. The van der Waals surface area contributed by atoms with E-state index in [9.17, 15) is 26.2 Å². The van der Waals surface area contributed by atoms with E-state index in [2.05, 4.69) is 5.32 Å². The predicted molar refractivity (Wildman–Crippen MR) is 176 cm³/mol. The second kappa shape index (κ2) is 12.8. The Morgan fingerprint density at radius 1 is 0.889 bits per heavy atom. The summed E-state index contributed by atoms with van der Waals surface area (Å²) in [7, 11) is -8.23. The second-order valence-electron chi connectivity index (χ2n) is 7.01. The van der Waals surface area contributed by atoms with Crippen LogP contribution in [0.5, 0.6) is 0 Å². The number of thioether (sulfide) groups is 1. The molecule has 1 amide bonds. The van der Waals surface area contributed by atoms with Crippen molar-refractivity contribution in [3.8, 4) is 0 Å². The molecule has 0 unspecified atom stereocenters. The standard InChI is InChI=1S/C21H14ClI4NO6S3/c22-11-5-7-12(8-6-11)35(29,30)10-9-34-14-4-2-1-3-13(14)27-21(28)15-16(23)17(24)18(25)19(26)20(15)36(31,32)33/h1-8H,9-10H2,(H,27,28)(H,31,32,33). The lowest BCUT2D eigenvalue weighted by Gasteiger charge is -2.16. The van der Waals surface area contributed by atoms with Crippen molar-refractivity contribution in [2.45, 2.75) is 14.7 Å². The van der Waals surface area contributed by atoms with E-state index in [0.29, 0.717) is 26.3 Å². The van der Waals surface area contributed by atoms with E-state index < -0.39 is 30.8 Å². The Bertz CT molecular complexity index is 1550. The fourth-order valence-corrected chi connectivity index (χ4v) is 11.2. The molecule has 0 bridgehead atoms. The molecule has 0 radical (unpaired) electrons. The molecule has 3 rings (SSSR count). The van der Waals surface area contributed by atoms with Gasteiger partial charge >= 0.3 is 0 Å². The maximum Gasteiger partial charge on any atom is 0.296 e. The van der Waals surface area contributed by atoms with Crippen LogP contribution in [0, 0.1) is 14.3 Å². The van der Waals surface area contributed by atoms with Crippen molar-refractivity contribution in [1.82, 2.24) is 0 Å². The minimum absolute atomic E-state index is 0.139. The van der Waals surface area contributed by atoms with Gasteiger partial charge in [0.2, 0.25) is 0 Å². The number of rotatable bonds is 8. The molecule has 192 valence electrons. The number of carbonyl (C=O) groups excluding carboxylic acids is 1. The number of carbonyl (C=O) groups is 1. The first kappa shape index (κ1) is 31.1. The van der Waals surface area contributed by atoms with E-state index in [1.807, 2.05) is 67.8 Å². The number of benzene rings is 3. The van der Waals surface area contributed by atoms with E-state index in [1.54, 1.807) is 46.9 Å². The highest BCUT2D eigenvalue weighted by Crippen LogP contribution is 2.36. The van der Waals surface area contributed by atoms with Crippen molar-refractivity contribution in [3.63, 3.8) is 0 Å². The van der Waals surface area contributed by atoms with Crippen molar-refractivity contribution in [3.05, 3.63) is 73.4 Å². The van der Waals surface area contributed by atoms with Gasteiger partial charge in [-0.15, -0.1) is 11.8 Å². The normalized spacial score (nSPS) is 11.9. The Kier molecular flexibility index (Phi) is 11.1. The number of anilines is 1. The molecule has 15 heteroatoms. The molecule has 0 fully saturated rings. The summed E-state index contributed by atoms with van der Waals surface area (Å²) in [6, 6.07) is 12.7. The van der Waals surface area contributed by atoms with Crippen molar-refractivity contribution in [2.24, 2.45) is 0 Å². The van der Waals surface area contributed by atoms with Crippen LogP contribution in [0.2, 0.25) is 5.02 Å². The van der Waals surface area contributed by atoms with Gasteiger partial charge in [-0.05, 0) is 127 Å². The molecule has 3 aromatic rings. The van der Waals surface area contributed by atoms with Crippen LogP contribution in [-0.4, -0.2) is 38.8 Å². The number of sulfone groups is 1. The van der Waals surface area contributed by atoms with E-state index in [-0.39, 0.29) is 25.5 Å². The van der Waals surface area contributed by atoms with Crippen LogP contribution in [0.25, 0.3) is 0 Å². The first-order valence-electron chi connectivity index (χ1n) is 9.59. The van der Waals surface area contributed by atoms with Crippen LogP contribution in [0.3, 0.4) is 0 Å². The van der Waals surface area contributed by atoms with E-state index in [1.165, 1.54) is 36.0 Å². The first-order valence-corrected chi connectivity index (χ1v) is 18.4. The lowest BCUT2D eigenvalue weighted by molar-refractivity contribution is 0.102. The highest BCUT2D eigenvalue weighted by Gasteiger charge is 2.31. The summed E-state index contributed by atoms with van der Waals surface area (Å²) < 4.78 is 61.4. The van der Waals surface area contributed by atoms with Gasteiger partial charge in [-0.1, -0.05) is 23.7 Å². The number of halogens is 5. The summed E-state index contributed by atoms with van der Waals surface area (Å²) in [5.74, 6) is -0.633. The van der Waals surface area contributed by atoms with Gasteiger partial charge in [0.25, 0.3) is 16.0 Å². The third-order valence-corrected chi connectivity index (χ3v) is 16.6. The molecule has 0 aromatic heterocycles. The van der Waals surface area contributed by atoms with Crippen molar-refractivity contribution in [1.29, 1.82) is 0 Å². The van der Waals surface area contributed by atoms with Gasteiger partial charge in [0, 0.05) is 30.0 Å². The molecular formula is C21H14ClI4NO6S3. The lowest BCUT2D eigenvalue weighted by Crippen LogP contribution is -2.21. The first-order chi connectivity index (χ1) is 16.7. The highest BCUT2D eigenvalue weighted by molar-refractivity contribution is 14.1. The largest absolute Gasteiger partial charge is 0.321 e. The predicted octanol–water partition coefficient (Wildman–Crippen LogP) is 6.82. The molecule has 0 aliphatic rings. The number of hydrogen-bond acceptors (Lipinski definition) is 6. The highest BCUT2D eigenvalue weighted by atomic mass is 127. The molecule has 36 heavy (non-hydrogen) atoms. The quantitative estimate of drug-likeness (QED) is 0.0837. The Labute approximate surface area is 272 Å². The van der Waals surface area contributed by atoms with Gasteiger partial charge < -0.3 is 5.32 Å². The van der Waals surface area contributed by atoms with Crippen molar-refractivity contribution in [2.75, 3.05) is 16.8 Å². The van der Waals surface area contributed by atoms with E-state index in [0.717, 1.165) is 0 Å². The third-order valence-electron chi connectivity index (χ3n) is 4.63. The molecular weight excluding hydrogens is 1000 g/mol. The van der Waals surface area contributed by atoms with Crippen LogP contribution < -0.4 is 5.32 Å². The number of amides is 1. The SMILES string of the molecule is O=C(Nc1ccccc1SCCS(=O)(=O)c1ccc(Cl)cc1)c1c(I)c(I)c(I)c(I)c1S(=O)(=O)O. The zero-order valence-electron chi connectivity index (χ0n) is 17.6. The van der Waals surface area contributed by atoms with E-state index >= 15 is 0 Å². The summed E-state index contributed by atoms with van der Waals surface area (Å²) in [4.78, 5) is 13.6. The molecule has 7 nitrogen and oxygen atoms in total. The number of nitrogens with one attached hydrogen (secondary N) is 1. The Morgan fingerprint density at radius 3 is 2.08 bits per heavy atom. The molecule has 0 aliphatic carbocycles. The van der Waals surface area contributed by atoms with Crippen molar-refractivity contribution >= 4 is 145 Å². The van der Waals surface area contributed by atoms with Gasteiger partial charge in [0.05, 0.1) is 21.9 Å². The Morgan fingerprint density at radius 2 is 1.47 bits per heavy atom. The van der Waals surface area contributed by atoms with Gasteiger partial charge in [-0.2, -0.15) is 8.42 Å². The molecule has 0 aliphatic heterocycles. The smallest absolute Gasteiger partial charge is 0.296 e. The van der Waals surface area contributed by atoms with Crippen molar-refractivity contribution < 1.29 is 26.2 Å². The molecule has 0 saturated heterocycles. The minimum atomic E-state index is -4.69. The maximum atomic E-state index is 13.3. The monoisotopic (exact) mass is 1010 g/mol. The van der Waals surface area contributed by atoms with Gasteiger partial charge in [0.1, 0.15) is 4.90 Å². The Balaban J connectivity index is 1.86. The number of hydrogen-bond donors (Lipinski definition) is 2. The van der Waals surface area contributed by atoms with Gasteiger partial charge in [0.15, 0.2) is 9.84 Å².